The smallest absolute Gasteiger partial charge is 0.329 e. The summed E-state index contributed by atoms with van der Waals surface area (Å²) in [6, 6.07) is -1.11. The Morgan fingerprint density at radius 2 is 1.52 bits per heavy atom. The number of piperidine rings is 1. The number of fused-ring (bicyclic) bond motifs is 3. The Balaban J connectivity index is 1.64. The fraction of sp³-hybridized carbons (Fsp3) is 0.745. The first-order valence-electron chi connectivity index (χ1n) is 24.0. The average molecular weight is 898 g/mol. The van der Waals surface area contributed by atoms with Crippen molar-refractivity contribution >= 4 is 29.2 Å². The minimum absolute atomic E-state index is 0.0503. The van der Waals surface area contributed by atoms with Crippen LogP contribution in [0.15, 0.2) is 47.6 Å². The first-order chi connectivity index (χ1) is 30.2. The van der Waals surface area contributed by atoms with E-state index in [1.54, 1.807) is 34.0 Å². The summed E-state index contributed by atoms with van der Waals surface area (Å²) >= 11 is 0. The van der Waals surface area contributed by atoms with Gasteiger partial charge in [0.05, 0.1) is 30.5 Å². The molecule has 0 aromatic heterocycles. The average Bonchev–Trinajstić information content (AvgIpc) is 3.25. The molecule has 4 rings (SSSR count). The molecule has 0 aromatic rings. The first kappa shape index (κ1) is 53.3. The maximum Gasteiger partial charge on any atom is 0.329 e. The molecule has 2 saturated heterocycles. The van der Waals surface area contributed by atoms with Crippen molar-refractivity contribution in [2.45, 2.75) is 193 Å². The normalized spacial score (nSPS) is 40.1. The second kappa shape index (κ2) is 25.0. The van der Waals surface area contributed by atoms with Gasteiger partial charge in [0, 0.05) is 57.1 Å². The number of ketones is 3. The molecule has 64 heavy (non-hydrogen) atoms. The van der Waals surface area contributed by atoms with Crippen molar-refractivity contribution in [1.82, 2.24) is 4.90 Å². The molecular weight excluding hydrogens is 819 g/mol. The van der Waals surface area contributed by atoms with E-state index in [1.165, 1.54) is 4.90 Å². The Morgan fingerprint density at radius 3 is 2.20 bits per heavy atom. The van der Waals surface area contributed by atoms with Gasteiger partial charge in [0.15, 0.2) is 0 Å². The number of methoxy groups -OCH3 is 1. The highest BCUT2D eigenvalue weighted by Gasteiger charge is 2.53. The molecule has 3 fully saturated rings. The predicted octanol–water partition coefficient (Wildman–Crippen LogP) is 6.68. The standard InChI is InChI=1S/C51H79NO12/c1-31-14-10-9-11-15-32(2)46(62-8)29-41-22-17-37(7)51(61,64-41)48(58)49(59)52-23-13-12-16-42(52)50(60)63-47(36(6)26-38-18-20-39(53)21-19-38)28-40(54)27-43(55)34(4)25-35(5)45(57)30-44(56)33(3)24-31/h9-11,14-15,25,31,33-34,36-42,45-47,53-54,57,61H,12-13,16-24,26-30H2,1-8H3/b11-9+,14-10+,32-15+,35-25-/t31-,33-,34+,36-,37-,38?,39?,40?,41+,42+,45-,46+,47+,51-/m1/s1. The van der Waals surface area contributed by atoms with Crippen LogP contribution >= 0.6 is 0 Å². The minimum atomic E-state index is -2.42. The van der Waals surface area contributed by atoms with Crippen LogP contribution in [-0.2, 0) is 38.2 Å². The predicted molar refractivity (Wildman–Crippen MR) is 243 cm³/mol. The number of amides is 1. The topological polar surface area (TPSA) is 197 Å². The SMILES string of the molecule is CO[C@H]1C[C@@H]2CC[C@@H](C)[C@@](O)(O2)C(=O)C(=O)N2CCCC[C@H]2C(=O)O[C@H]([C@H](C)CC2CCC(O)CC2)CC(O)CC(=O)[C@@H](C)/C=C(/C)[C@H](O)CC(=O)[C@H](C)C[C@H](C)/C=C/C=C/C=C/1C. The second-order valence-electron chi connectivity index (χ2n) is 19.8. The number of carbonyl (C=O) groups is 5. The van der Waals surface area contributed by atoms with Crippen LogP contribution in [0, 0.1) is 35.5 Å². The van der Waals surface area contributed by atoms with Crippen molar-refractivity contribution in [3.05, 3.63) is 47.6 Å². The van der Waals surface area contributed by atoms with Gasteiger partial charge in [-0.25, -0.2) is 4.79 Å². The van der Waals surface area contributed by atoms with E-state index in [2.05, 4.69) is 0 Å². The molecule has 1 amide bonds. The summed E-state index contributed by atoms with van der Waals surface area (Å²) in [5.74, 6) is -7.25. The highest BCUT2D eigenvalue weighted by atomic mass is 16.6. The van der Waals surface area contributed by atoms with Gasteiger partial charge >= 0.3 is 5.97 Å². The molecule has 1 unspecified atom stereocenters. The van der Waals surface area contributed by atoms with Crippen molar-refractivity contribution < 1.29 is 58.6 Å². The number of hydrogen-bond donors (Lipinski definition) is 4. The molecule has 3 aliphatic heterocycles. The van der Waals surface area contributed by atoms with E-state index < -0.39 is 71.8 Å². The number of esters is 1. The van der Waals surface area contributed by atoms with Gasteiger partial charge in [-0.1, -0.05) is 71.1 Å². The fourth-order valence-corrected chi connectivity index (χ4v) is 9.92. The van der Waals surface area contributed by atoms with Crippen LogP contribution in [0.25, 0.3) is 0 Å². The summed E-state index contributed by atoms with van der Waals surface area (Å²) in [4.78, 5) is 70.4. The summed E-state index contributed by atoms with van der Waals surface area (Å²) in [5.41, 5.74) is 1.38. The Labute approximate surface area is 381 Å². The second-order valence-corrected chi connectivity index (χ2v) is 19.8. The molecule has 4 aliphatic rings. The van der Waals surface area contributed by atoms with Crippen molar-refractivity contribution in [3.63, 3.8) is 0 Å². The minimum Gasteiger partial charge on any atom is -0.460 e. The van der Waals surface area contributed by atoms with Gasteiger partial charge in [0.1, 0.15) is 23.7 Å². The molecular formula is C51H79NO12. The lowest BCUT2D eigenvalue weighted by Gasteiger charge is -2.42. The molecule has 3 heterocycles. The lowest BCUT2D eigenvalue weighted by atomic mass is 9.80. The Kier molecular flexibility index (Phi) is 20.8. The zero-order chi connectivity index (χ0) is 47.3. The third-order valence-electron chi connectivity index (χ3n) is 14.4. The Bertz CT molecular complexity index is 1710. The van der Waals surface area contributed by atoms with Crippen molar-refractivity contribution in [3.8, 4) is 0 Å². The van der Waals surface area contributed by atoms with Gasteiger partial charge in [0.25, 0.3) is 11.7 Å². The maximum atomic E-state index is 14.2. The number of Topliss-reactive ketones (excluding diaryl/α,β-unsaturated/α-hetero) is 3. The number of allylic oxidation sites excluding steroid dienone is 6. The number of aliphatic hydroxyl groups is 4. The van der Waals surface area contributed by atoms with Gasteiger partial charge in [-0.3, -0.25) is 19.2 Å². The van der Waals surface area contributed by atoms with Crippen LogP contribution in [0.4, 0.5) is 0 Å². The van der Waals surface area contributed by atoms with Crippen LogP contribution in [0.2, 0.25) is 0 Å². The van der Waals surface area contributed by atoms with E-state index in [1.807, 2.05) is 58.1 Å². The largest absolute Gasteiger partial charge is 0.460 e. The quantitative estimate of drug-likeness (QED) is 0.133. The van der Waals surface area contributed by atoms with Gasteiger partial charge in [-0.15, -0.1) is 0 Å². The summed E-state index contributed by atoms with van der Waals surface area (Å²) in [5, 5.41) is 44.4. The number of ether oxygens (including phenoxy) is 3. The van der Waals surface area contributed by atoms with Crippen LogP contribution in [-0.4, -0.2) is 117 Å². The van der Waals surface area contributed by atoms with Gasteiger partial charge in [-0.2, -0.15) is 0 Å². The monoisotopic (exact) mass is 898 g/mol. The number of nitrogens with zero attached hydrogens (tertiary/aromatic N) is 1. The molecule has 13 heteroatoms. The fourth-order valence-electron chi connectivity index (χ4n) is 9.92. The van der Waals surface area contributed by atoms with E-state index in [0.717, 1.165) is 18.4 Å². The van der Waals surface area contributed by atoms with Gasteiger partial charge in [-0.05, 0) is 113 Å². The van der Waals surface area contributed by atoms with Crippen LogP contribution < -0.4 is 0 Å². The molecule has 1 saturated carbocycles. The number of hydrogen-bond acceptors (Lipinski definition) is 12. The Hall–Kier alpha value is -3.33. The van der Waals surface area contributed by atoms with E-state index in [-0.39, 0.29) is 73.6 Å². The third-order valence-corrected chi connectivity index (χ3v) is 14.4. The first-order valence-corrected chi connectivity index (χ1v) is 24.0. The molecule has 360 valence electrons. The van der Waals surface area contributed by atoms with E-state index >= 15 is 0 Å². The molecule has 0 aromatic carbocycles. The van der Waals surface area contributed by atoms with Crippen LogP contribution in [0.5, 0.6) is 0 Å². The lowest BCUT2D eigenvalue weighted by molar-refractivity contribution is -0.265. The van der Waals surface area contributed by atoms with E-state index in [0.29, 0.717) is 63.4 Å². The number of carbonyl (C=O) groups excluding carboxylic acids is 5. The van der Waals surface area contributed by atoms with Crippen molar-refractivity contribution in [2.75, 3.05) is 13.7 Å². The number of cyclic esters (lactones) is 1. The summed E-state index contributed by atoms with van der Waals surface area (Å²) in [6.07, 6.45) is 13.2. The maximum absolute atomic E-state index is 14.2. The van der Waals surface area contributed by atoms with E-state index in [9.17, 15) is 44.4 Å². The third kappa shape index (κ3) is 15.1. The number of rotatable bonds is 4. The van der Waals surface area contributed by atoms with Crippen molar-refractivity contribution in [2.24, 2.45) is 35.5 Å². The number of aliphatic hydroxyl groups excluding tert-OH is 3. The van der Waals surface area contributed by atoms with E-state index in [4.69, 9.17) is 14.2 Å². The molecule has 2 bridgehead atoms. The highest BCUT2D eigenvalue weighted by Crippen LogP contribution is 2.37. The highest BCUT2D eigenvalue weighted by molar-refractivity contribution is 6.39. The summed E-state index contributed by atoms with van der Waals surface area (Å²) < 4.78 is 18.2. The van der Waals surface area contributed by atoms with Gasteiger partial charge < -0.3 is 39.5 Å². The lowest BCUT2D eigenvalue weighted by Crippen LogP contribution is -2.61. The van der Waals surface area contributed by atoms with Gasteiger partial charge in [0.2, 0.25) is 5.79 Å². The molecule has 1 aliphatic carbocycles. The zero-order valence-electron chi connectivity index (χ0n) is 39.8. The summed E-state index contributed by atoms with van der Waals surface area (Å²) in [7, 11) is 1.58. The van der Waals surface area contributed by atoms with Crippen LogP contribution in [0.1, 0.15) is 145 Å². The molecule has 12 atom stereocenters. The molecule has 0 spiro atoms. The zero-order valence-corrected chi connectivity index (χ0v) is 39.8. The summed E-state index contributed by atoms with van der Waals surface area (Å²) in [6.45, 7) is 12.9. The van der Waals surface area contributed by atoms with Crippen molar-refractivity contribution in [1.29, 1.82) is 0 Å². The van der Waals surface area contributed by atoms with Crippen LogP contribution in [0.3, 0.4) is 0 Å². The molecule has 13 nitrogen and oxygen atoms in total. The molecule has 0 radical (unpaired) electrons. The molecule has 4 N–H and O–H groups in total. The Morgan fingerprint density at radius 1 is 0.812 bits per heavy atom.